The van der Waals surface area contributed by atoms with Crippen LogP contribution in [0.1, 0.15) is 32.8 Å². The van der Waals surface area contributed by atoms with Crippen LogP contribution in [0, 0.1) is 0 Å². The molecule has 0 aliphatic rings. The van der Waals surface area contributed by atoms with Crippen LogP contribution in [0.15, 0.2) is 18.2 Å². The first-order chi connectivity index (χ1) is 9.21. The van der Waals surface area contributed by atoms with E-state index in [0.29, 0.717) is 5.75 Å². The zero-order valence-corrected chi connectivity index (χ0v) is 13.5. The molecule has 0 bridgehead atoms. The van der Waals surface area contributed by atoms with Crippen molar-refractivity contribution in [1.29, 1.82) is 0 Å². The third-order valence-corrected chi connectivity index (χ3v) is 4.25. The fraction of sp³-hybridized carbons (Fsp3) is 0.533. The second-order valence-electron chi connectivity index (χ2n) is 5.81. The average molecular weight is 296 g/mol. The summed E-state index contributed by atoms with van der Waals surface area (Å²) in [6.45, 7) is 6.45. The maximum absolute atomic E-state index is 10.4. The fourth-order valence-corrected chi connectivity index (χ4v) is 2.60. The van der Waals surface area contributed by atoms with Crippen molar-refractivity contribution in [1.82, 2.24) is 0 Å². The lowest BCUT2D eigenvalue weighted by molar-refractivity contribution is -0.136. The minimum atomic E-state index is -0.757. The monoisotopic (exact) mass is 296 g/mol. The van der Waals surface area contributed by atoms with E-state index in [1.54, 1.807) is 11.8 Å². The van der Waals surface area contributed by atoms with Crippen molar-refractivity contribution in [2.75, 3.05) is 23.4 Å². The first kappa shape index (κ1) is 16.7. The van der Waals surface area contributed by atoms with E-state index in [2.05, 4.69) is 38.8 Å². The van der Waals surface area contributed by atoms with Crippen LogP contribution in [-0.4, -0.2) is 29.4 Å². The Bertz CT molecular complexity index is 469. The summed E-state index contributed by atoms with van der Waals surface area (Å²) in [7, 11) is 2.05. The molecule has 112 valence electrons. The summed E-state index contributed by atoms with van der Waals surface area (Å²) < 4.78 is 0. The number of nitrogen functional groups attached to an aromatic ring is 1. The van der Waals surface area contributed by atoms with Gasteiger partial charge in [0.2, 0.25) is 0 Å². The molecule has 1 rings (SSSR count). The summed E-state index contributed by atoms with van der Waals surface area (Å²) in [6.07, 6.45) is 0.190. The smallest absolute Gasteiger partial charge is 0.304 e. The Morgan fingerprint density at radius 3 is 2.55 bits per heavy atom. The van der Waals surface area contributed by atoms with Gasteiger partial charge in [-0.15, -0.1) is 0 Å². The van der Waals surface area contributed by atoms with Crippen LogP contribution in [0.5, 0.6) is 0 Å². The van der Waals surface area contributed by atoms with Gasteiger partial charge in [0.25, 0.3) is 0 Å². The molecule has 20 heavy (non-hydrogen) atoms. The van der Waals surface area contributed by atoms with E-state index in [1.165, 1.54) is 0 Å². The second kappa shape index (κ2) is 6.88. The zero-order chi connectivity index (χ0) is 15.3. The molecule has 0 atom stereocenters. The van der Waals surface area contributed by atoms with E-state index < -0.39 is 5.97 Å². The number of anilines is 2. The predicted molar refractivity (Wildman–Crippen MR) is 87.4 cm³/mol. The van der Waals surface area contributed by atoms with Crippen molar-refractivity contribution in [2.45, 2.75) is 38.5 Å². The molecule has 3 N–H and O–H groups in total. The summed E-state index contributed by atoms with van der Waals surface area (Å²) in [4.78, 5) is 12.6. The van der Waals surface area contributed by atoms with Crippen LogP contribution in [-0.2, 0) is 10.5 Å². The largest absolute Gasteiger partial charge is 0.481 e. The van der Waals surface area contributed by atoms with Crippen LogP contribution >= 0.6 is 11.8 Å². The van der Waals surface area contributed by atoms with Gasteiger partial charge in [0.05, 0.1) is 6.42 Å². The van der Waals surface area contributed by atoms with Gasteiger partial charge in [0.15, 0.2) is 0 Å². The van der Waals surface area contributed by atoms with E-state index in [0.717, 1.165) is 22.7 Å². The Morgan fingerprint density at radius 2 is 2.05 bits per heavy atom. The van der Waals surface area contributed by atoms with Gasteiger partial charge in [0, 0.05) is 35.5 Å². The molecule has 0 heterocycles. The lowest BCUT2D eigenvalue weighted by atomic mass is 10.0. The number of benzene rings is 1. The molecule has 0 radical (unpaired) electrons. The molecule has 0 aromatic heterocycles. The third-order valence-electron chi connectivity index (χ3n) is 3.24. The van der Waals surface area contributed by atoms with Gasteiger partial charge >= 0.3 is 5.97 Å². The van der Waals surface area contributed by atoms with Crippen LogP contribution in [0.4, 0.5) is 11.4 Å². The van der Waals surface area contributed by atoms with Gasteiger partial charge in [0.1, 0.15) is 0 Å². The highest BCUT2D eigenvalue weighted by Crippen LogP contribution is 2.27. The highest BCUT2D eigenvalue weighted by atomic mass is 32.2. The number of thioether (sulfide) groups is 1. The highest BCUT2D eigenvalue weighted by molar-refractivity contribution is 7.98. The number of carboxylic acid groups (broad SMARTS) is 1. The number of nitrogens with two attached hydrogens (primary N) is 1. The summed E-state index contributed by atoms with van der Waals surface area (Å²) >= 11 is 1.59. The topological polar surface area (TPSA) is 66.6 Å². The van der Waals surface area contributed by atoms with Crippen molar-refractivity contribution in [3.05, 3.63) is 23.8 Å². The molecule has 0 spiro atoms. The van der Waals surface area contributed by atoms with Gasteiger partial charge in [-0.3, -0.25) is 4.79 Å². The Balaban J connectivity index is 2.66. The summed E-state index contributed by atoms with van der Waals surface area (Å²) in [5.41, 5.74) is 9.05. The van der Waals surface area contributed by atoms with Crippen molar-refractivity contribution in [2.24, 2.45) is 0 Å². The molecule has 0 fully saturated rings. The first-order valence-electron chi connectivity index (χ1n) is 6.63. The Labute approximate surface area is 125 Å². The summed E-state index contributed by atoms with van der Waals surface area (Å²) in [6, 6.07) is 6.08. The number of hydrogen-bond acceptors (Lipinski definition) is 4. The van der Waals surface area contributed by atoms with Gasteiger partial charge in [-0.25, -0.2) is 0 Å². The maximum Gasteiger partial charge on any atom is 0.304 e. The maximum atomic E-state index is 10.4. The fourth-order valence-electron chi connectivity index (χ4n) is 1.65. The zero-order valence-electron chi connectivity index (χ0n) is 12.6. The summed E-state index contributed by atoms with van der Waals surface area (Å²) in [5.74, 6) is 0.601. The minimum absolute atomic E-state index is 0.0458. The third kappa shape index (κ3) is 4.96. The molecule has 0 aliphatic carbocycles. The molecular weight excluding hydrogens is 272 g/mol. The van der Waals surface area contributed by atoms with Gasteiger partial charge in [-0.05, 0) is 38.5 Å². The second-order valence-corrected chi connectivity index (χ2v) is 6.91. The van der Waals surface area contributed by atoms with E-state index in [-0.39, 0.29) is 12.0 Å². The highest BCUT2D eigenvalue weighted by Gasteiger charge is 2.17. The van der Waals surface area contributed by atoms with Crippen LogP contribution in [0.2, 0.25) is 0 Å². The van der Waals surface area contributed by atoms with Crippen LogP contribution in [0.3, 0.4) is 0 Å². The van der Waals surface area contributed by atoms with E-state index in [9.17, 15) is 4.79 Å². The molecule has 4 nitrogen and oxygen atoms in total. The quantitative estimate of drug-likeness (QED) is 0.623. The molecule has 5 heteroatoms. The van der Waals surface area contributed by atoms with Crippen molar-refractivity contribution >= 4 is 29.1 Å². The SMILES string of the molecule is CN(c1ccc(CSCCC(=O)O)c(N)c1)C(C)(C)C. The number of nitrogens with zero attached hydrogens (tertiary/aromatic N) is 1. The molecule has 0 aliphatic heterocycles. The van der Waals surface area contributed by atoms with Crippen molar-refractivity contribution < 1.29 is 9.90 Å². The Hall–Kier alpha value is -1.36. The van der Waals surface area contributed by atoms with E-state index >= 15 is 0 Å². The first-order valence-corrected chi connectivity index (χ1v) is 7.79. The molecule has 0 saturated heterocycles. The van der Waals surface area contributed by atoms with Gasteiger partial charge in [-0.2, -0.15) is 11.8 Å². The molecular formula is C15H24N2O2S. The Morgan fingerprint density at radius 1 is 1.40 bits per heavy atom. The number of aliphatic carboxylic acids is 1. The molecule has 0 unspecified atom stereocenters. The number of hydrogen-bond donors (Lipinski definition) is 2. The van der Waals surface area contributed by atoms with Gasteiger partial charge < -0.3 is 15.7 Å². The summed E-state index contributed by atoms with van der Waals surface area (Å²) in [5, 5.41) is 8.60. The molecule has 1 aromatic rings. The lowest BCUT2D eigenvalue weighted by Gasteiger charge is -2.34. The molecule has 0 saturated carbocycles. The lowest BCUT2D eigenvalue weighted by Crippen LogP contribution is -2.38. The minimum Gasteiger partial charge on any atom is -0.481 e. The van der Waals surface area contributed by atoms with Crippen molar-refractivity contribution in [3.63, 3.8) is 0 Å². The van der Waals surface area contributed by atoms with Crippen LogP contribution < -0.4 is 10.6 Å². The number of carboxylic acids is 1. The van der Waals surface area contributed by atoms with E-state index in [4.69, 9.17) is 10.8 Å². The predicted octanol–water partition coefficient (Wildman–Crippen LogP) is 3.21. The van der Waals surface area contributed by atoms with Gasteiger partial charge in [-0.1, -0.05) is 6.07 Å². The van der Waals surface area contributed by atoms with E-state index in [1.807, 2.05) is 12.1 Å². The van der Waals surface area contributed by atoms with Crippen LogP contribution in [0.25, 0.3) is 0 Å². The Kier molecular flexibility index (Phi) is 5.74. The molecule has 1 aromatic carbocycles. The number of carbonyl (C=O) groups is 1. The average Bonchev–Trinajstić information content (AvgIpc) is 2.33. The number of rotatable bonds is 6. The normalized spacial score (nSPS) is 11.4. The van der Waals surface area contributed by atoms with Crippen molar-refractivity contribution in [3.8, 4) is 0 Å². The molecule has 0 amide bonds. The standard InChI is InChI=1S/C15H24N2O2S/c1-15(2,3)17(4)12-6-5-11(13(16)9-12)10-20-8-7-14(18)19/h5-6,9H,7-8,10,16H2,1-4H3,(H,18,19).